The van der Waals surface area contributed by atoms with E-state index in [4.69, 9.17) is 0 Å². The molecule has 2 nitrogen and oxygen atoms in total. The highest BCUT2D eigenvalue weighted by atomic mass is 16.1. The summed E-state index contributed by atoms with van der Waals surface area (Å²) in [6.45, 7) is 6.56. The molecule has 2 heteroatoms. The third-order valence-corrected chi connectivity index (χ3v) is 3.26. The topological polar surface area (TPSA) is 29.1 Å². The van der Waals surface area contributed by atoms with Crippen LogP contribution in [0.25, 0.3) is 5.57 Å². The fraction of sp³-hybridized carbons (Fsp3) is 0.400. The summed E-state index contributed by atoms with van der Waals surface area (Å²) in [5, 5.41) is 2.70. The van der Waals surface area contributed by atoms with Gasteiger partial charge >= 0.3 is 0 Å². The van der Waals surface area contributed by atoms with E-state index in [1.165, 1.54) is 11.1 Å². The first-order valence-corrected chi connectivity index (χ1v) is 5.99. The summed E-state index contributed by atoms with van der Waals surface area (Å²) in [5.74, 6) is 0.00908. The Morgan fingerprint density at radius 2 is 2.00 bits per heavy atom. The van der Waals surface area contributed by atoms with E-state index in [1.807, 2.05) is 6.08 Å². The highest BCUT2D eigenvalue weighted by molar-refractivity contribution is 6.20. The van der Waals surface area contributed by atoms with Gasteiger partial charge in [-0.15, -0.1) is 0 Å². The zero-order chi connectivity index (χ0) is 12.6. The number of nitrogens with one attached hydrogen (secondary N) is 1. The Morgan fingerprint density at radius 3 is 2.59 bits per heavy atom. The van der Waals surface area contributed by atoms with E-state index in [1.54, 1.807) is 7.05 Å². The van der Waals surface area contributed by atoms with Gasteiger partial charge in [-0.1, -0.05) is 45.0 Å². The number of hydrogen-bond donors (Lipinski definition) is 1. The van der Waals surface area contributed by atoms with E-state index in [9.17, 15) is 4.79 Å². The molecule has 0 spiro atoms. The van der Waals surface area contributed by atoms with Gasteiger partial charge < -0.3 is 5.32 Å². The Kier molecular flexibility index (Phi) is 2.82. The molecule has 0 radical (unpaired) electrons. The van der Waals surface area contributed by atoms with Crippen LogP contribution in [-0.2, 0) is 16.6 Å². The molecule has 0 heterocycles. The van der Waals surface area contributed by atoms with Gasteiger partial charge in [-0.25, -0.2) is 0 Å². The number of hydrogen-bond acceptors (Lipinski definition) is 1. The van der Waals surface area contributed by atoms with Crippen LogP contribution in [0.3, 0.4) is 0 Å². The Morgan fingerprint density at radius 1 is 1.29 bits per heavy atom. The van der Waals surface area contributed by atoms with Crippen molar-refractivity contribution in [3.05, 3.63) is 41.0 Å². The molecule has 1 aliphatic rings. The van der Waals surface area contributed by atoms with Crippen LogP contribution in [0.4, 0.5) is 0 Å². The van der Waals surface area contributed by atoms with Crippen molar-refractivity contribution in [1.29, 1.82) is 0 Å². The summed E-state index contributed by atoms with van der Waals surface area (Å²) in [7, 11) is 1.68. The maximum Gasteiger partial charge on any atom is 0.251 e. The predicted octanol–water partition coefficient (Wildman–Crippen LogP) is 2.67. The molecular weight excluding hydrogens is 210 g/mol. The second-order valence-electron chi connectivity index (χ2n) is 5.52. The number of allylic oxidation sites excluding steroid dienone is 1. The van der Waals surface area contributed by atoms with Crippen molar-refractivity contribution in [3.8, 4) is 0 Å². The first-order chi connectivity index (χ1) is 7.93. The van der Waals surface area contributed by atoms with Crippen LogP contribution in [0.2, 0.25) is 0 Å². The zero-order valence-electron chi connectivity index (χ0n) is 10.9. The average Bonchev–Trinajstić information content (AvgIpc) is 2.69. The number of benzene rings is 1. The van der Waals surface area contributed by atoms with Crippen LogP contribution >= 0.6 is 0 Å². The van der Waals surface area contributed by atoms with Crippen molar-refractivity contribution < 1.29 is 4.79 Å². The number of amides is 1. The van der Waals surface area contributed by atoms with Crippen molar-refractivity contribution in [1.82, 2.24) is 5.32 Å². The SMILES string of the molecule is CNC(=O)C1=CCc2ccc(C(C)(C)C)cc21. The number of fused-ring (bicyclic) bond motifs is 1. The van der Waals surface area contributed by atoms with E-state index >= 15 is 0 Å². The van der Waals surface area contributed by atoms with E-state index in [0.717, 1.165) is 17.6 Å². The molecule has 0 aliphatic heterocycles. The average molecular weight is 229 g/mol. The third kappa shape index (κ3) is 2.12. The molecule has 1 aromatic carbocycles. The minimum absolute atomic E-state index is 0.00908. The number of carbonyl (C=O) groups is 1. The van der Waals surface area contributed by atoms with Crippen LogP contribution in [0.15, 0.2) is 24.3 Å². The summed E-state index contributed by atoms with van der Waals surface area (Å²) in [6, 6.07) is 6.46. The third-order valence-electron chi connectivity index (χ3n) is 3.26. The molecule has 0 bridgehead atoms. The number of carbonyl (C=O) groups excluding carboxylic acids is 1. The van der Waals surface area contributed by atoms with Crippen molar-refractivity contribution in [3.63, 3.8) is 0 Å². The fourth-order valence-electron chi connectivity index (χ4n) is 2.14. The van der Waals surface area contributed by atoms with Crippen molar-refractivity contribution in [2.45, 2.75) is 32.6 Å². The van der Waals surface area contributed by atoms with E-state index in [-0.39, 0.29) is 11.3 Å². The minimum atomic E-state index is 0.00908. The van der Waals surface area contributed by atoms with Gasteiger partial charge in [0, 0.05) is 12.6 Å². The molecule has 17 heavy (non-hydrogen) atoms. The lowest BCUT2D eigenvalue weighted by Gasteiger charge is -2.20. The monoisotopic (exact) mass is 229 g/mol. The molecule has 2 rings (SSSR count). The smallest absolute Gasteiger partial charge is 0.251 e. The van der Waals surface area contributed by atoms with Gasteiger partial charge in [-0.3, -0.25) is 4.79 Å². The second kappa shape index (κ2) is 4.02. The Bertz CT molecular complexity index is 492. The molecule has 1 aliphatic carbocycles. The van der Waals surface area contributed by atoms with Crippen molar-refractivity contribution in [2.24, 2.45) is 0 Å². The molecule has 0 fully saturated rings. The summed E-state index contributed by atoms with van der Waals surface area (Å²) in [5.41, 5.74) is 4.54. The van der Waals surface area contributed by atoms with Gasteiger partial charge in [0.25, 0.3) is 5.91 Å². The molecule has 0 unspecified atom stereocenters. The van der Waals surface area contributed by atoms with Crippen LogP contribution in [-0.4, -0.2) is 13.0 Å². The van der Waals surface area contributed by atoms with E-state index in [0.29, 0.717) is 0 Å². The van der Waals surface area contributed by atoms with Crippen LogP contribution in [0.1, 0.15) is 37.5 Å². The lowest BCUT2D eigenvalue weighted by Crippen LogP contribution is -2.19. The molecule has 0 aromatic heterocycles. The maximum absolute atomic E-state index is 11.8. The summed E-state index contributed by atoms with van der Waals surface area (Å²) in [4.78, 5) is 11.8. The molecular formula is C15H19NO. The van der Waals surface area contributed by atoms with Gasteiger partial charge in [-0.2, -0.15) is 0 Å². The lowest BCUT2D eigenvalue weighted by atomic mass is 9.85. The van der Waals surface area contributed by atoms with Crippen molar-refractivity contribution in [2.75, 3.05) is 7.05 Å². The van der Waals surface area contributed by atoms with Gasteiger partial charge in [0.05, 0.1) is 0 Å². The molecule has 0 atom stereocenters. The minimum Gasteiger partial charge on any atom is -0.355 e. The molecule has 90 valence electrons. The molecule has 1 amide bonds. The summed E-state index contributed by atoms with van der Waals surface area (Å²) < 4.78 is 0. The fourth-order valence-corrected chi connectivity index (χ4v) is 2.14. The van der Waals surface area contributed by atoms with Crippen LogP contribution in [0, 0.1) is 0 Å². The van der Waals surface area contributed by atoms with Crippen LogP contribution < -0.4 is 5.32 Å². The molecule has 1 N–H and O–H groups in total. The highest BCUT2D eigenvalue weighted by Gasteiger charge is 2.22. The number of likely N-dealkylation sites (N-methyl/N-ethyl adjacent to an activating group) is 1. The largest absolute Gasteiger partial charge is 0.355 e. The van der Waals surface area contributed by atoms with Gasteiger partial charge in [-0.05, 0) is 28.5 Å². The Labute approximate surface area is 103 Å². The molecule has 1 aromatic rings. The Hall–Kier alpha value is -1.57. The highest BCUT2D eigenvalue weighted by Crippen LogP contribution is 2.32. The lowest BCUT2D eigenvalue weighted by molar-refractivity contribution is -0.115. The van der Waals surface area contributed by atoms with Gasteiger partial charge in [0.1, 0.15) is 0 Å². The van der Waals surface area contributed by atoms with E-state index in [2.05, 4.69) is 44.3 Å². The quantitative estimate of drug-likeness (QED) is 0.788. The van der Waals surface area contributed by atoms with Crippen molar-refractivity contribution >= 4 is 11.5 Å². The molecule has 0 saturated heterocycles. The Balaban J connectivity index is 2.46. The predicted molar refractivity (Wildman–Crippen MR) is 70.9 cm³/mol. The first kappa shape index (κ1) is 11.9. The molecule has 0 saturated carbocycles. The van der Waals surface area contributed by atoms with Gasteiger partial charge in [0.15, 0.2) is 0 Å². The number of rotatable bonds is 1. The summed E-state index contributed by atoms with van der Waals surface area (Å²) >= 11 is 0. The van der Waals surface area contributed by atoms with Crippen LogP contribution in [0.5, 0.6) is 0 Å². The van der Waals surface area contributed by atoms with Gasteiger partial charge in [0.2, 0.25) is 0 Å². The summed E-state index contributed by atoms with van der Waals surface area (Å²) in [6.07, 6.45) is 2.87. The first-order valence-electron chi connectivity index (χ1n) is 5.99. The van der Waals surface area contributed by atoms with E-state index < -0.39 is 0 Å². The normalized spacial score (nSPS) is 14.2. The maximum atomic E-state index is 11.8. The standard InChI is InChI=1S/C15H19NO/c1-15(2,3)11-7-5-10-6-8-12(13(10)9-11)14(17)16-4/h5,7-9H,6H2,1-4H3,(H,16,17). The zero-order valence-corrected chi connectivity index (χ0v) is 10.9. The second-order valence-corrected chi connectivity index (χ2v) is 5.52.